The predicted octanol–water partition coefficient (Wildman–Crippen LogP) is 2.11. The normalized spacial score (nSPS) is 21.3. The Kier molecular flexibility index (Phi) is 3.69. The van der Waals surface area contributed by atoms with Gasteiger partial charge in [-0.3, -0.25) is 19.8 Å². The van der Waals surface area contributed by atoms with Crippen LogP contribution in [0.3, 0.4) is 0 Å². The van der Waals surface area contributed by atoms with Gasteiger partial charge in [0.2, 0.25) is 0 Å². The standard InChI is InChI=1S/C13H12ClN3O4/c1-8(14)7-16-11(18)13(2,15-12(16)19)9-3-5-10(6-4-9)17(20)21/h3-6H,1,7H2,2H3,(H,15,19). The van der Waals surface area contributed by atoms with E-state index in [1.165, 1.54) is 31.2 Å². The van der Waals surface area contributed by atoms with Crippen molar-refractivity contribution >= 4 is 29.2 Å². The van der Waals surface area contributed by atoms with Gasteiger partial charge in [-0.25, -0.2) is 4.79 Å². The van der Waals surface area contributed by atoms with E-state index in [2.05, 4.69) is 11.9 Å². The maximum absolute atomic E-state index is 12.4. The zero-order valence-corrected chi connectivity index (χ0v) is 11.9. The lowest BCUT2D eigenvalue weighted by Crippen LogP contribution is -2.41. The van der Waals surface area contributed by atoms with Crippen molar-refractivity contribution in [3.8, 4) is 0 Å². The minimum absolute atomic E-state index is 0.0885. The molecule has 0 spiro atoms. The minimum Gasteiger partial charge on any atom is -0.319 e. The smallest absolute Gasteiger partial charge is 0.319 e. The summed E-state index contributed by atoms with van der Waals surface area (Å²) < 4.78 is 0. The first kappa shape index (κ1) is 15.0. The number of benzene rings is 1. The van der Waals surface area contributed by atoms with Crippen LogP contribution in [0.15, 0.2) is 35.9 Å². The highest BCUT2D eigenvalue weighted by Gasteiger charge is 2.48. The van der Waals surface area contributed by atoms with Gasteiger partial charge in [0.05, 0.1) is 11.5 Å². The van der Waals surface area contributed by atoms with Crippen LogP contribution in [0.1, 0.15) is 12.5 Å². The number of rotatable bonds is 4. The molecule has 8 heteroatoms. The summed E-state index contributed by atoms with van der Waals surface area (Å²) in [4.78, 5) is 35.3. The highest BCUT2D eigenvalue weighted by Crippen LogP contribution is 2.30. The van der Waals surface area contributed by atoms with E-state index in [4.69, 9.17) is 11.6 Å². The lowest BCUT2D eigenvalue weighted by molar-refractivity contribution is -0.384. The van der Waals surface area contributed by atoms with Crippen LogP contribution in [0.5, 0.6) is 0 Å². The second-order valence-corrected chi connectivity index (χ2v) is 5.30. The van der Waals surface area contributed by atoms with Crippen LogP contribution < -0.4 is 5.32 Å². The van der Waals surface area contributed by atoms with Crippen LogP contribution in [-0.4, -0.2) is 28.3 Å². The fourth-order valence-electron chi connectivity index (χ4n) is 2.12. The Morgan fingerprint density at radius 3 is 2.48 bits per heavy atom. The lowest BCUT2D eigenvalue weighted by atomic mass is 9.92. The van der Waals surface area contributed by atoms with Crippen molar-refractivity contribution in [3.05, 3.63) is 51.6 Å². The maximum Gasteiger partial charge on any atom is 0.325 e. The van der Waals surface area contributed by atoms with Crippen molar-refractivity contribution in [2.45, 2.75) is 12.5 Å². The van der Waals surface area contributed by atoms with Gasteiger partial charge in [-0.1, -0.05) is 18.2 Å². The summed E-state index contributed by atoms with van der Waals surface area (Å²) in [5.41, 5.74) is -0.919. The van der Waals surface area contributed by atoms with Crippen LogP contribution in [0.25, 0.3) is 0 Å². The van der Waals surface area contributed by atoms with Gasteiger partial charge in [-0.15, -0.1) is 0 Å². The molecule has 110 valence electrons. The van der Waals surface area contributed by atoms with Crippen molar-refractivity contribution in [2.75, 3.05) is 6.54 Å². The Hall–Kier alpha value is -2.41. The Morgan fingerprint density at radius 1 is 1.43 bits per heavy atom. The van der Waals surface area contributed by atoms with Gasteiger partial charge >= 0.3 is 6.03 Å². The highest BCUT2D eigenvalue weighted by molar-refractivity contribution is 6.30. The second-order valence-electron chi connectivity index (χ2n) is 4.77. The van der Waals surface area contributed by atoms with Gasteiger partial charge in [-0.05, 0) is 24.6 Å². The number of hydrogen-bond acceptors (Lipinski definition) is 4. The Balaban J connectivity index is 2.34. The molecule has 7 nitrogen and oxygen atoms in total. The fraction of sp³-hybridized carbons (Fsp3) is 0.231. The van der Waals surface area contributed by atoms with E-state index in [1.54, 1.807) is 0 Å². The molecular formula is C13H12ClN3O4. The molecule has 2 rings (SSSR count). The van der Waals surface area contributed by atoms with Crippen molar-refractivity contribution in [3.63, 3.8) is 0 Å². The zero-order valence-electron chi connectivity index (χ0n) is 11.1. The highest BCUT2D eigenvalue weighted by atomic mass is 35.5. The van der Waals surface area contributed by atoms with Crippen molar-refractivity contribution in [1.82, 2.24) is 10.2 Å². The molecule has 1 heterocycles. The third-order valence-electron chi connectivity index (χ3n) is 3.26. The molecule has 0 bridgehead atoms. The molecule has 1 atom stereocenters. The quantitative estimate of drug-likeness (QED) is 0.524. The molecule has 0 aromatic heterocycles. The SMILES string of the molecule is C=C(Cl)CN1C(=O)NC(C)(c2ccc([N+](=O)[O-])cc2)C1=O. The van der Waals surface area contributed by atoms with Crippen LogP contribution in [0.2, 0.25) is 0 Å². The van der Waals surface area contributed by atoms with Crippen LogP contribution >= 0.6 is 11.6 Å². The molecule has 1 aliphatic heterocycles. The number of nitrogens with zero attached hydrogens (tertiary/aromatic N) is 2. The van der Waals surface area contributed by atoms with Gasteiger partial charge in [0, 0.05) is 17.2 Å². The van der Waals surface area contributed by atoms with E-state index in [0.717, 1.165) is 4.90 Å². The van der Waals surface area contributed by atoms with E-state index in [-0.39, 0.29) is 17.3 Å². The molecule has 1 unspecified atom stereocenters. The van der Waals surface area contributed by atoms with Gasteiger partial charge < -0.3 is 5.32 Å². The van der Waals surface area contributed by atoms with E-state index < -0.39 is 22.4 Å². The van der Waals surface area contributed by atoms with Crippen molar-refractivity contribution in [1.29, 1.82) is 0 Å². The average Bonchev–Trinajstić information content (AvgIpc) is 2.63. The van der Waals surface area contributed by atoms with Gasteiger partial charge in [-0.2, -0.15) is 0 Å². The summed E-state index contributed by atoms with van der Waals surface area (Å²) >= 11 is 5.64. The van der Waals surface area contributed by atoms with Crippen LogP contribution in [-0.2, 0) is 10.3 Å². The lowest BCUT2D eigenvalue weighted by Gasteiger charge is -2.22. The summed E-state index contributed by atoms with van der Waals surface area (Å²) in [5.74, 6) is -0.483. The summed E-state index contributed by atoms with van der Waals surface area (Å²) in [6.45, 7) is 4.90. The number of carbonyl (C=O) groups is 2. The van der Waals surface area contributed by atoms with Crippen molar-refractivity contribution < 1.29 is 14.5 Å². The number of hydrogen-bond donors (Lipinski definition) is 1. The Bertz CT molecular complexity index is 643. The number of carbonyl (C=O) groups excluding carboxylic acids is 2. The summed E-state index contributed by atoms with van der Waals surface area (Å²) in [6, 6.07) is 4.86. The first-order valence-corrected chi connectivity index (χ1v) is 6.36. The number of imide groups is 1. The molecular weight excluding hydrogens is 298 g/mol. The van der Waals surface area contributed by atoms with Crippen LogP contribution in [0.4, 0.5) is 10.5 Å². The Morgan fingerprint density at radius 2 is 2.00 bits per heavy atom. The number of nitro groups is 1. The second kappa shape index (κ2) is 5.17. The third-order valence-corrected chi connectivity index (χ3v) is 3.38. The molecule has 1 saturated heterocycles. The maximum atomic E-state index is 12.4. The molecule has 3 amide bonds. The van der Waals surface area contributed by atoms with E-state index in [0.29, 0.717) is 5.56 Å². The first-order chi connectivity index (χ1) is 9.75. The molecule has 1 fully saturated rings. The number of halogens is 1. The first-order valence-electron chi connectivity index (χ1n) is 5.98. The Labute approximate surface area is 125 Å². The average molecular weight is 310 g/mol. The molecule has 1 N–H and O–H groups in total. The molecule has 1 aliphatic rings. The van der Waals surface area contributed by atoms with Gasteiger partial charge in [0.1, 0.15) is 5.54 Å². The monoisotopic (exact) mass is 309 g/mol. The van der Waals surface area contributed by atoms with Crippen molar-refractivity contribution in [2.24, 2.45) is 0 Å². The number of nitrogens with one attached hydrogen (secondary N) is 1. The number of urea groups is 1. The number of amides is 3. The zero-order chi connectivity index (χ0) is 15.8. The van der Waals surface area contributed by atoms with E-state index in [1.807, 2.05) is 0 Å². The van der Waals surface area contributed by atoms with E-state index >= 15 is 0 Å². The summed E-state index contributed by atoms with van der Waals surface area (Å²) in [6.07, 6.45) is 0. The molecule has 1 aromatic carbocycles. The molecule has 1 aromatic rings. The third kappa shape index (κ3) is 2.59. The van der Waals surface area contributed by atoms with E-state index in [9.17, 15) is 19.7 Å². The fourth-order valence-corrected chi connectivity index (χ4v) is 2.24. The minimum atomic E-state index is -1.28. The van der Waals surface area contributed by atoms with Gasteiger partial charge in [0.15, 0.2) is 0 Å². The number of nitro benzene ring substituents is 1. The largest absolute Gasteiger partial charge is 0.325 e. The predicted molar refractivity (Wildman–Crippen MR) is 75.7 cm³/mol. The number of non-ortho nitro benzene ring substituents is 1. The van der Waals surface area contributed by atoms with Crippen LogP contribution in [0, 0.1) is 10.1 Å². The molecule has 21 heavy (non-hydrogen) atoms. The molecule has 0 radical (unpaired) electrons. The molecule has 0 saturated carbocycles. The molecule has 0 aliphatic carbocycles. The summed E-state index contributed by atoms with van der Waals surface area (Å²) in [5, 5.41) is 13.4. The topological polar surface area (TPSA) is 92.6 Å². The van der Waals surface area contributed by atoms with Gasteiger partial charge in [0.25, 0.3) is 11.6 Å². The summed E-state index contributed by atoms with van der Waals surface area (Å²) in [7, 11) is 0.